The van der Waals surface area contributed by atoms with Gasteiger partial charge in [0.25, 0.3) is 0 Å². The molecule has 2 N–H and O–H groups in total. The first-order valence-electron chi connectivity index (χ1n) is 6.62. The first-order valence-corrected chi connectivity index (χ1v) is 7.44. The van der Waals surface area contributed by atoms with Crippen molar-refractivity contribution in [2.45, 2.75) is 47.1 Å². The lowest BCUT2D eigenvalue weighted by molar-refractivity contribution is -0.121. The fraction of sp³-hybridized carbons (Fsp3) is 0.500. The molecule has 5 nitrogen and oxygen atoms in total. The van der Waals surface area contributed by atoms with Gasteiger partial charge in [-0.1, -0.05) is 0 Å². The fourth-order valence-electron chi connectivity index (χ4n) is 2.45. The second-order valence-electron chi connectivity index (χ2n) is 5.06. The van der Waals surface area contributed by atoms with E-state index < -0.39 is 0 Å². The van der Waals surface area contributed by atoms with Gasteiger partial charge in [0, 0.05) is 16.1 Å². The first kappa shape index (κ1) is 14.7. The van der Waals surface area contributed by atoms with Crippen LogP contribution >= 0.6 is 11.3 Å². The summed E-state index contributed by atoms with van der Waals surface area (Å²) in [7, 11) is 0. The molecule has 2 heterocycles. The molecule has 0 saturated heterocycles. The zero-order chi connectivity index (χ0) is 14.9. The van der Waals surface area contributed by atoms with E-state index in [2.05, 4.69) is 20.5 Å². The van der Waals surface area contributed by atoms with Gasteiger partial charge in [-0.05, 0) is 34.6 Å². The normalized spacial score (nSPS) is 12.4. The van der Waals surface area contributed by atoms with Gasteiger partial charge in [-0.25, -0.2) is 4.98 Å². The maximum Gasteiger partial charge on any atom is 0.225 e. The summed E-state index contributed by atoms with van der Waals surface area (Å²) in [6.45, 7) is 9.79. The highest BCUT2D eigenvalue weighted by molar-refractivity contribution is 7.11. The Balaban J connectivity index is 2.03. The average Bonchev–Trinajstić information content (AvgIpc) is 2.82. The Hall–Kier alpha value is -1.69. The van der Waals surface area contributed by atoms with E-state index in [1.807, 2.05) is 34.6 Å². The van der Waals surface area contributed by atoms with E-state index in [1.165, 1.54) is 0 Å². The number of aromatic nitrogens is 3. The molecule has 0 aromatic carbocycles. The van der Waals surface area contributed by atoms with Crippen LogP contribution < -0.4 is 5.32 Å². The molecule has 0 aliphatic rings. The van der Waals surface area contributed by atoms with Crippen LogP contribution in [0, 0.1) is 27.7 Å². The molecule has 2 aromatic heterocycles. The van der Waals surface area contributed by atoms with Crippen LogP contribution in [0.1, 0.15) is 45.5 Å². The number of hydrogen-bond donors (Lipinski definition) is 2. The summed E-state index contributed by atoms with van der Waals surface area (Å²) in [5.41, 5.74) is 3.95. The molecule has 6 heteroatoms. The molecular weight excluding hydrogens is 272 g/mol. The molecule has 20 heavy (non-hydrogen) atoms. The highest BCUT2D eigenvalue weighted by Crippen LogP contribution is 2.20. The lowest BCUT2D eigenvalue weighted by atomic mass is 10.1. The number of carbonyl (C=O) groups excluding carboxylic acids is 1. The number of aromatic amines is 1. The fourth-order valence-corrected chi connectivity index (χ4v) is 3.38. The molecule has 0 fully saturated rings. The maximum atomic E-state index is 12.1. The standard InChI is InChI=1S/C14H20N4OS/c1-7-12(20-11(5)15-7)6-13(19)16-8(2)14-9(3)17-18-10(14)4/h8H,6H2,1-5H3,(H,16,19)(H,17,18). The Labute approximate surface area is 122 Å². The Morgan fingerprint density at radius 2 is 2.00 bits per heavy atom. The second-order valence-corrected chi connectivity index (χ2v) is 6.34. The smallest absolute Gasteiger partial charge is 0.225 e. The summed E-state index contributed by atoms with van der Waals surface area (Å²) in [5.74, 6) is 0.0178. The zero-order valence-corrected chi connectivity index (χ0v) is 13.3. The molecule has 108 valence electrons. The largest absolute Gasteiger partial charge is 0.349 e. The van der Waals surface area contributed by atoms with Crippen molar-refractivity contribution in [1.29, 1.82) is 0 Å². The topological polar surface area (TPSA) is 70.7 Å². The third-order valence-electron chi connectivity index (χ3n) is 3.32. The van der Waals surface area contributed by atoms with E-state index in [9.17, 15) is 4.79 Å². The van der Waals surface area contributed by atoms with Crippen LogP contribution in [0.4, 0.5) is 0 Å². The molecule has 1 amide bonds. The number of nitrogens with one attached hydrogen (secondary N) is 2. The Morgan fingerprint density at radius 1 is 1.30 bits per heavy atom. The van der Waals surface area contributed by atoms with Crippen molar-refractivity contribution >= 4 is 17.2 Å². The number of carbonyl (C=O) groups is 1. The van der Waals surface area contributed by atoms with Crippen molar-refractivity contribution < 1.29 is 4.79 Å². The zero-order valence-electron chi connectivity index (χ0n) is 12.5. The number of nitrogens with zero attached hydrogens (tertiary/aromatic N) is 2. The van der Waals surface area contributed by atoms with Crippen LogP contribution in [0.15, 0.2) is 0 Å². The number of aryl methyl sites for hydroxylation is 4. The van der Waals surface area contributed by atoms with Gasteiger partial charge in [0.1, 0.15) is 0 Å². The SMILES string of the molecule is Cc1nc(C)c(CC(=O)NC(C)c2c(C)n[nH]c2C)s1. The van der Waals surface area contributed by atoms with Crippen LogP contribution in [0.2, 0.25) is 0 Å². The molecule has 1 unspecified atom stereocenters. The predicted molar refractivity (Wildman–Crippen MR) is 79.9 cm³/mol. The van der Waals surface area contributed by atoms with Crippen molar-refractivity contribution in [2.75, 3.05) is 0 Å². The summed E-state index contributed by atoms with van der Waals surface area (Å²) in [5, 5.41) is 11.1. The number of rotatable bonds is 4. The number of hydrogen-bond acceptors (Lipinski definition) is 4. The van der Waals surface area contributed by atoms with Gasteiger partial charge in [-0.3, -0.25) is 9.89 Å². The summed E-state index contributed by atoms with van der Waals surface area (Å²) < 4.78 is 0. The molecule has 0 radical (unpaired) electrons. The Kier molecular flexibility index (Phi) is 4.23. The highest BCUT2D eigenvalue weighted by atomic mass is 32.1. The van der Waals surface area contributed by atoms with Crippen LogP contribution in [-0.4, -0.2) is 21.1 Å². The predicted octanol–water partition coefficient (Wildman–Crippen LogP) is 2.52. The molecule has 0 aliphatic heterocycles. The van der Waals surface area contributed by atoms with E-state index in [0.29, 0.717) is 6.42 Å². The van der Waals surface area contributed by atoms with Crippen LogP contribution in [0.5, 0.6) is 0 Å². The van der Waals surface area contributed by atoms with E-state index >= 15 is 0 Å². The highest BCUT2D eigenvalue weighted by Gasteiger charge is 2.17. The van der Waals surface area contributed by atoms with Crippen molar-refractivity contribution in [3.8, 4) is 0 Å². The first-order chi connectivity index (χ1) is 9.38. The monoisotopic (exact) mass is 292 g/mol. The molecule has 2 rings (SSSR count). The Morgan fingerprint density at radius 3 is 2.50 bits per heavy atom. The van der Waals surface area contributed by atoms with Gasteiger partial charge in [0.05, 0.1) is 28.9 Å². The minimum Gasteiger partial charge on any atom is -0.349 e. The van der Waals surface area contributed by atoms with Crippen LogP contribution in [0.3, 0.4) is 0 Å². The molecular formula is C14H20N4OS. The molecule has 0 spiro atoms. The van der Waals surface area contributed by atoms with Crippen LogP contribution in [0.25, 0.3) is 0 Å². The Bertz CT molecular complexity index is 610. The molecule has 2 aromatic rings. The lowest BCUT2D eigenvalue weighted by Crippen LogP contribution is -2.28. The summed E-state index contributed by atoms with van der Waals surface area (Å²) in [6.07, 6.45) is 0.387. The van der Waals surface area contributed by atoms with Gasteiger partial charge in [-0.15, -0.1) is 11.3 Å². The van der Waals surface area contributed by atoms with E-state index in [0.717, 1.165) is 32.5 Å². The second kappa shape index (κ2) is 5.75. The van der Waals surface area contributed by atoms with Crippen molar-refractivity contribution in [1.82, 2.24) is 20.5 Å². The summed E-state index contributed by atoms with van der Waals surface area (Å²) in [6, 6.07) is -0.0458. The molecule has 1 atom stereocenters. The van der Waals surface area contributed by atoms with E-state index in [4.69, 9.17) is 0 Å². The minimum absolute atomic E-state index is 0.0178. The van der Waals surface area contributed by atoms with Gasteiger partial charge < -0.3 is 5.32 Å². The van der Waals surface area contributed by atoms with Crippen molar-refractivity contribution in [3.63, 3.8) is 0 Å². The van der Waals surface area contributed by atoms with E-state index in [1.54, 1.807) is 11.3 Å². The summed E-state index contributed by atoms with van der Waals surface area (Å²) >= 11 is 1.58. The van der Waals surface area contributed by atoms with Gasteiger partial charge in [0.15, 0.2) is 0 Å². The number of amides is 1. The van der Waals surface area contributed by atoms with Crippen LogP contribution in [-0.2, 0) is 11.2 Å². The van der Waals surface area contributed by atoms with E-state index in [-0.39, 0.29) is 11.9 Å². The minimum atomic E-state index is -0.0458. The summed E-state index contributed by atoms with van der Waals surface area (Å²) in [4.78, 5) is 17.5. The molecule has 0 saturated carbocycles. The lowest BCUT2D eigenvalue weighted by Gasteiger charge is -2.14. The quantitative estimate of drug-likeness (QED) is 0.909. The third-order valence-corrected chi connectivity index (χ3v) is 4.39. The van der Waals surface area contributed by atoms with Crippen molar-refractivity contribution in [3.05, 3.63) is 32.5 Å². The number of thiazole rings is 1. The number of H-pyrrole nitrogens is 1. The maximum absolute atomic E-state index is 12.1. The van der Waals surface area contributed by atoms with Gasteiger partial charge in [-0.2, -0.15) is 5.10 Å². The molecule has 0 bridgehead atoms. The average molecular weight is 292 g/mol. The van der Waals surface area contributed by atoms with Crippen molar-refractivity contribution in [2.24, 2.45) is 0 Å². The van der Waals surface area contributed by atoms with Gasteiger partial charge in [0.2, 0.25) is 5.91 Å². The third kappa shape index (κ3) is 3.07. The van der Waals surface area contributed by atoms with Gasteiger partial charge >= 0.3 is 0 Å². The molecule has 0 aliphatic carbocycles.